The maximum absolute atomic E-state index is 6.81. The molecule has 0 amide bonds. The third-order valence-corrected chi connectivity index (χ3v) is 16.6. The number of hydrogen-bond acceptors (Lipinski definition) is 3. The fraction of sp³-hybridized carbons (Fsp3) is 0.510. The first-order valence-corrected chi connectivity index (χ1v) is 22.3. The Labute approximate surface area is 321 Å². The van der Waals surface area contributed by atoms with Crippen LogP contribution in [0, 0.1) is 23.7 Å². The molecule has 0 bridgehead atoms. The minimum Gasteiger partial charge on any atom is -0.366 e. The van der Waals surface area contributed by atoms with Crippen LogP contribution in [0.25, 0.3) is 22.6 Å². The van der Waals surface area contributed by atoms with E-state index in [2.05, 4.69) is 131 Å². The average molecular weight is 721 g/mol. The van der Waals surface area contributed by atoms with Crippen molar-refractivity contribution in [3.8, 4) is 0 Å². The highest BCUT2D eigenvalue weighted by Gasteiger charge is 2.50. The molecule has 0 radical (unpaired) electrons. The Bertz CT molecular complexity index is 2030. The molecule has 0 N–H and O–H groups in total. The van der Waals surface area contributed by atoms with Crippen LogP contribution in [0.4, 0.5) is 0 Å². The number of rotatable bonds is 5. The quantitative estimate of drug-likeness (QED) is 0.286. The molecule has 7 aliphatic carbocycles. The van der Waals surface area contributed by atoms with Gasteiger partial charge in [-0.2, -0.15) is 0 Å². The van der Waals surface area contributed by atoms with Gasteiger partial charge in [0, 0.05) is 56.2 Å². The molecule has 9 aliphatic rings. The fourth-order valence-electron chi connectivity index (χ4n) is 12.4. The van der Waals surface area contributed by atoms with Gasteiger partial charge in [-0.15, -0.1) is 11.8 Å². The Hall–Kier alpha value is -3.21. The topological polar surface area (TPSA) is 17.4 Å². The predicted octanol–water partition coefficient (Wildman–Crippen LogP) is 11.5. The van der Waals surface area contributed by atoms with E-state index < -0.39 is 0 Å². The van der Waals surface area contributed by atoms with Gasteiger partial charge in [0.1, 0.15) is 0 Å². The third-order valence-electron chi connectivity index (χ3n) is 15.0. The highest BCUT2D eigenvalue weighted by Crippen LogP contribution is 2.53. The van der Waals surface area contributed by atoms with Crippen LogP contribution in [-0.2, 0) is 16.7 Å². The molecule has 1 saturated carbocycles. The molecule has 2 aromatic rings. The van der Waals surface area contributed by atoms with Gasteiger partial charge in [-0.1, -0.05) is 104 Å². The Balaban J connectivity index is 1.01. The van der Waals surface area contributed by atoms with Crippen LogP contribution in [0.15, 0.2) is 103 Å². The van der Waals surface area contributed by atoms with E-state index in [1.165, 1.54) is 105 Å². The number of allylic oxidation sites excluding steroid dienone is 9. The summed E-state index contributed by atoms with van der Waals surface area (Å²) in [5, 5.41) is 2.76. The molecule has 3 fully saturated rings. The summed E-state index contributed by atoms with van der Waals surface area (Å²) < 4.78 is 9.65. The van der Waals surface area contributed by atoms with Gasteiger partial charge < -0.3 is 14.2 Å². The highest BCUT2D eigenvalue weighted by atomic mass is 32.2. The SMILES string of the molecule is CC1(n2c3c(c4ccc(C5=CCCCC5)cc42)CC(N(C2=CC=CC4OC5C=CCCC5C24)[C@@H]2C=CC4C(C2)SC2C=CC=CC24)C=C3)CCCCC1. The summed E-state index contributed by atoms with van der Waals surface area (Å²) in [6, 6.07) is 8.26. The first-order chi connectivity index (χ1) is 26.1. The second kappa shape index (κ2) is 13.2. The molecule has 274 valence electrons. The van der Waals surface area contributed by atoms with E-state index in [0.717, 1.165) is 6.42 Å². The Kier molecular flexibility index (Phi) is 8.27. The largest absolute Gasteiger partial charge is 0.366 e. The Morgan fingerprint density at radius 2 is 1.77 bits per heavy atom. The second-order valence-corrected chi connectivity index (χ2v) is 19.4. The number of fused-ring (bicyclic) bond motifs is 9. The fourth-order valence-corrected chi connectivity index (χ4v) is 14.2. The summed E-state index contributed by atoms with van der Waals surface area (Å²) in [5.41, 5.74) is 9.26. The van der Waals surface area contributed by atoms with E-state index in [0.29, 0.717) is 46.3 Å². The lowest BCUT2D eigenvalue weighted by Crippen LogP contribution is -2.49. The van der Waals surface area contributed by atoms with Gasteiger partial charge in [-0.3, -0.25) is 0 Å². The van der Waals surface area contributed by atoms with E-state index in [1.807, 2.05) is 0 Å². The van der Waals surface area contributed by atoms with Crippen LogP contribution < -0.4 is 0 Å². The smallest absolute Gasteiger partial charge is 0.0853 e. The Morgan fingerprint density at radius 3 is 2.68 bits per heavy atom. The molecule has 53 heavy (non-hydrogen) atoms. The molecule has 4 heteroatoms. The second-order valence-electron chi connectivity index (χ2n) is 18.0. The minimum absolute atomic E-state index is 0.162. The molecule has 10 atom stereocenters. The summed E-state index contributed by atoms with van der Waals surface area (Å²) in [7, 11) is 0. The molecule has 1 aromatic carbocycles. The van der Waals surface area contributed by atoms with Gasteiger partial charge in [0.25, 0.3) is 0 Å². The number of aromatic nitrogens is 1. The molecule has 3 heterocycles. The van der Waals surface area contributed by atoms with Crippen LogP contribution in [0.5, 0.6) is 0 Å². The summed E-state index contributed by atoms with van der Waals surface area (Å²) in [6.07, 6.45) is 51.2. The lowest BCUT2D eigenvalue weighted by molar-refractivity contribution is 0.0782. The van der Waals surface area contributed by atoms with Crippen molar-refractivity contribution in [3.05, 3.63) is 120 Å². The number of thioether (sulfide) groups is 1. The number of nitrogens with zero attached hydrogens (tertiary/aromatic N) is 2. The Morgan fingerprint density at radius 1 is 0.849 bits per heavy atom. The molecule has 9 unspecified atom stereocenters. The van der Waals surface area contributed by atoms with Crippen LogP contribution in [-0.4, -0.2) is 44.3 Å². The lowest BCUT2D eigenvalue weighted by Gasteiger charge is -2.47. The van der Waals surface area contributed by atoms with Gasteiger partial charge in [0.15, 0.2) is 0 Å². The number of benzene rings is 1. The van der Waals surface area contributed by atoms with Crippen molar-refractivity contribution in [1.82, 2.24) is 9.47 Å². The molecule has 0 spiro atoms. The van der Waals surface area contributed by atoms with E-state index in [-0.39, 0.29) is 17.7 Å². The first kappa shape index (κ1) is 33.2. The third kappa shape index (κ3) is 5.47. The standard InChI is InChI=1S/C49H56N2OS/c1-49(27-10-3-11-28-49)51-41-26-23-34(30-40(41)36-24-21-33(29-43(36)51)32-13-4-2-5-14-32)50(35-22-25-38-37-15-7-9-20-46(37)53-47(38)31-35)42-17-12-19-45-48(42)39-16-6-8-18-44(39)52-45/h7-9,12-13,15,17-26,29,34-35,37-39,44-48H,2-6,10-11,14,16,27-28,30-31H2,1H3/t34?,35-,37?,38?,39?,44?,45?,46?,47?,48?/m1/s1. The molecule has 1 aromatic heterocycles. The van der Waals surface area contributed by atoms with Crippen molar-refractivity contribution in [2.24, 2.45) is 23.7 Å². The van der Waals surface area contributed by atoms with E-state index in [9.17, 15) is 0 Å². The lowest BCUT2D eigenvalue weighted by atomic mass is 9.75. The zero-order valence-electron chi connectivity index (χ0n) is 31.5. The van der Waals surface area contributed by atoms with E-state index >= 15 is 0 Å². The van der Waals surface area contributed by atoms with E-state index in [4.69, 9.17) is 4.74 Å². The van der Waals surface area contributed by atoms with Crippen molar-refractivity contribution in [3.63, 3.8) is 0 Å². The van der Waals surface area contributed by atoms with Crippen LogP contribution in [0.1, 0.15) is 101 Å². The molecule has 2 aliphatic heterocycles. The van der Waals surface area contributed by atoms with Crippen molar-refractivity contribution in [1.29, 1.82) is 0 Å². The normalized spacial score (nSPS) is 37.5. The van der Waals surface area contributed by atoms with Crippen molar-refractivity contribution in [2.45, 2.75) is 131 Å². The summed E-state index contributed by atoms with van der Waals surface area (Å²) in [6.45, 7) is 2.57. The summed E-state index contributed by atoms with van der Waals surface area (Å²) >= 11 is 2.24. The minimum atomic E-state index is 0.162. The summed E-state index contributed by atoms with van der Waals surface area (Å²) in [5.74, 6) is 2.23. The van der Waals surface area contributed by atoms with Crippen LogP contribution >= 0.6 is 11.8 Å². The number of hydrogen-bond donors (Lipinski definition) is 0. The maximum atomic E-state index is 6.81. The van der Waals surface area contributed by atoms with Crippen molar-refractivity contribution < 1.29 is 4.74 Å². The van der Waals surface area contributed by atoms with Crippen molar-refractivity contribution >= 4 is 34.3 Å². The molecule has 11 rings (SSSR count). The zero-order chi connectivity index (χ0) is 35.1. The number of ether oxygens (including phenoxy) is 1. The van der Waals surface area contributed by atoms with Crippen LogP contribution in [0.3, 0.4) is 0 Å². The zero-order valence-corrected chi connectivity index (χ0v) is 32.3. The summed E-state index contributed by atoms with van der Waals surface area (Å²) in [4.78, 5) is 2.93. The molecule has 3 nitrogen and oxygen atoms in total. The van der Waals surface area contributed by atoms with Gasteiger partial charge >= 0.3 is 0 Å². The van der Waals surface area contributed by atoms with Crippen molar-refractivity contribution in [2.75, 3.05) is 0 Å². The molecule has 2 saturated heterocycles. The maximum Gasteiger partial charge on any atom is 0.0853 e. The first-order valence-electron chi connectivity index (χ1n) is 21.4. The average Bonchev–Trinajstić information content (AvgIpc) is 3.88. The van der Waals surface area contributed by atoms with E-state index in [1.54, 1.807) is 11.1 Å². The predicted molar refractivity (Wildman–Crippen MR) is 223 cm³/mol. The highest BCUT2D eigenvalue weighted by molar-refractivity contribution is 8.01. The van der Waals surface area contributed by atoms with Crippen LogP contribution in [0.2, 0.25) is 0 Å². The molecular formula is C49H56N2OS. The van der Waals surface area contributed by atoms with Gasteiger partial charge in [0.2, 0.25) is 0 Å². The van der Waals surface area contributed by atoms with Gasteiger partial charge in [-0.25, -0.2) is 0 Å². The monoisotopic (exact) mass is 720 g/mol. The van der Waals surface area contributed by atoms with Gasteiger partial charge in [-0.05, 0) is 118 Å². The van der Waals surface area contributed by atoms with Gasteiger partial charge in [0.05, 0.1) is 18.2 Å². The molecular weight excluding hydrogens is 665 g/mol.